The summed E-state index contributed by atoms with van der Waals surface area (Å²) in [6.45, 7) is 6.99. The number of nitriles is 1. The van der Waals surface area contributed by atoms with Gasteiger partial charge >= 0.3 is 0 Å². The normalized spacial score (nSPS) is 11.0. The maximum Gasteiger partial charge on any atom is 0.166 e. The first-order valence-electron chi connectivity index (χ1n) is 5.75. The van der Waals surface area contributed by atoms with E-state index in [1.807, 2.05) is 6.07 Å². The smallest absolute Gasteiger partial charge is 0.166 e. The summed E-state index contributed by atoms with van der Waals surface area (Å²) in [5, 5.41) is 8.60. The minimum atomic E-state index is -0.472. The van der Waals surface area contributed by atoms with Crippen LogP contribution in [0.5, 0.6) is 5.75 Å². The second-order valence-electron chi connectivity index (χ2n) is 5.27. The van der Waals surface area contributed by atoms with Crippen molar-refractivity contribution >= 4 is 0 Å². The molecular formula is C14H18FNO. The van der Waals surface area contributed by atoms with Crippen LogP contribution in [0.25, 0.3) is 0 Å². The Labute approximate surface area is 102 Å². The molecule has 0 atom stereocenters. The van der Waals surface area contributed by atoms with Crippen LogP contribution >= 0.6 is 0 Å². The zero-order chi connectivity index (χ0) is 12.9. The predicted octanol–water partition coefficient (Wildman–Crippen LogP) is 3.90. The molecular weight excluding hydrogens is 217 g/mol. The maximum absolute atomic E-state index is 13.4. The van der Waals surface area contributed by atoms with E-state index in [0.29, 0.717) is 12.2 Å². The Morgan fingerprint density at radius 2 is 2.06 bits per heavy atom. The molecule has 0 unspecified atom stereocenters. The highest BCUT2D eigenvalue weighted by molar-refractivity contribution is 5.35. The molecule has 0 amide bonds. The zero-order valence-electron chi connectivity index (χ0n) is 10.6. The number of rotatable bonds is 4. The average Bonchev–Trinajstić information content (AvgIpc) is 2.24. The third-order valence-corrected chi connectivity index (χ3v) is 2.39. The van der Waals surface area contributed by atoms with E-state index in [4.69, 9.17) is 10.00 Å². The quantitative estimate of drug-likeness (QED) is 0.741. The monoisotopic (exact) mass is 235 g/mol. The van der Waals surface area contributed by atoms with Gasteiger partial charge < -0.3 is 4.74 Å². The number of hydrogen-bond acceptors (Lipinski definition) is 2. The molecule has 92 valence electrons. The molecule has 0 aliphatic heterocycles. The summed E-state index contributed by atoms with van der Waals surface area (Å²) in [6.07, 6.45) is 1.92. The van der Waals surface area contributed by atoms with E-state index in [0.717, 1.165) is 12.8 Å². The first kappa shape index (κ1) is 13.5. The van der Waals surface area contributed by atoms with Crippen LogP contribution in [0.1, 0.15) is 39.2 Å². The lowest BCUT2D eigenvalue weighted by atomic mass is 9.91. The van der Waals surface area contributed by atoms with Gasteiger partial charge in [-0.2, -0.15) is 5.26 Å². The van der Waals surface area contributed by atoms with Gasteiger partial charge in [-0.3, -0.25) is 0 Å². The topological polar surface area (TPSA) is 33.0 Å². The van der Waals surface area contributed by atoms with Crippen LogP contribution < -0.4 is 4.74 Å². The molecule has 0 N–H and O–H groups in total. The third-order valence-electron chi connectivity index (χ3n) is 2.39. The highest BCUT2D eigenvalue weighted by Crippen LogP contribution is 2.22. The van der Waals surface area contributed by atoms with Crippen LogP contribution in [0.4, 0.5) is 4.39 Å². The first-order valence-corrected chi connectivity index (χ1v) is 5.75. The summed E-state index contributed by atoms with van der Waals surface area (Å²) in [4.78, 5) is 0. The Morgan fingerprint density at radius 1 is 1.35 bits per heavy atom. The molecule has 1 aromatic carbocycles. The Balaban J connectivity index is 2.45. The first-order chi connectivity index (χ1) is 7.92. The SMILES string of the molecule is CC(C)(C)CCCOc1ccc(C#N)cc1F. The zero-order valence-corrected chi connectivity index (χ0v) is 10.6. The van der Waals surface area contributed by atoms with Crippen molar-refractivity contribution in [2.75, 3.05) is 6.61 Å². The summed E-state index contributed by atoms with van der Waals surface area (Å²) in [5.74, 6) is -0.252. The van der Waals surface area contributed by atoms with Crippen molar-refractivity contribution in [2.45, 2.75) is 33.6 Å². The van der Waals surface area contributed by atoms with Crippen molar-refractivity contribution in [3.63, 3.8) is 0 Å². The van der Waals surface area contributed by atoms with Crippen LogP contribution in [-0.4, -0.2) is 6.61 Å². The van der Waals surface area contributed by atoms with Gasteiger partial charge in [-0.25, -0.2) is 4.39 Å². The molecule has 0 radical (unpaired) electrons. The van der Waals surface area contributed by atoms with E-state index in [1.165, 1.54) is 12.1 Å². The van der Waals surface area contributed by atoms with Crippen LogP contribution in [-0.2, 0) is 0 Å². The van der Waals surface area contributed by atoms with Crippen LogP contribution in [0.3, 0.4) is 0 Å². The third kappa shape index (κ3) is 4.86. The molecule has 2 nitrogen and oxygen atoms in total. The van der Waals surface area contributed by atoms with Gasteiger partial charge in [0.05, 0.1) is 18.2 Å². The molecule has 1 aromatic rings. The lowest BCUT2D eigenvalue weighted by Crippen LogP contribution is -2.08. The largest absolute Gasteiger partial charge is 0.491 e. The fourth-order valence-electron chi connectivity index (χ4n) is 1.47. The lowest BCUT2D eigenvalue weighted by molar-refractivity contribution is 0.260. The van der Waals surface area contributed by atoms with E-state index >= 15 is 0 Å². The average molecular weight is 235 g/mol. The van der Waals surface area contributed by atoms with Gasteiger partial charge in [0.25, 0.3) is 0 Å². The number of halogens is 1. The standard InChI is InChI=1S/C14H18FNO/c1-14(2,3)7-4-8-17-13-6-5-11(10-16)9-12(13)15/h5-6,9H,4,7-8H2,1-3H3. The molecule has 0 bridgehead atoms. The number of nitrogens with zero attached hydrogens (tertiary/aromatic N) is 1. The summed E-state index contributed by atoms with van der Waals surface area (Å²) in [6, 6.07) is 6.14. The molecule has 0 saturated heterocycles. The highest BCUT2D eigenvalue weighted by Gasteiger charge is 2.10. The molecule has 0 aromatic heterocycles. The summed E-state index contributed by atoms with van der Waals surface area (Å²) >= 11 is 0. The maximum atomic E-state index is 13.4. The van der Waals surface area contributed by atoms with E-state index in [-0.39, 0.29) is 11.2 Å². The fraction of sp³-hybridized carbons (Fsp3) is 0.500. The number of benzene rings is 1. The van der Waals surface area contributed by atoms with Gasteiger partial charge in [0, 0.05) is 0 Å². The summed E-state index contributed by atoms with van der Waals surface area (Å²) in [5.41, 5.74) is 0.580. The van der Waals surface area contributed by atoms with Crippen molar-refractivity contribution in [3.8, 4) is 11.8 Å². The van der Waals surface area contributed by atoms with Gasteiger partial charge in [-0.15, -0.1) is 0 Å². The molecule has 0 aliphatic carbocycles. The van der Waals surface area contributed by atoms with E-state index in [2.05, 4.69) is 20.8 Å². The summed E-state index contributed by atoms with van der Waals surface area (Å²) < 4.78 is 18.8. The Kier molecular flexibility index (Phi) is 4.51. The highest BCUT2D eigenvalue weighted by atomic mass is 19.1. The van der Waals surface area contributed by atoms with Crippen LogP contribution in [0.15, 0.2) is 18.2 Å². The molecule has 17 heavy (non-hydrogen) atoms. The lowest BCUT2D eigenvalue weighted by Gasteiger charge is -2.17. The van der Waals surface area contributed by atoms with E-state index in [9.17, 15) is 4.39 Å². The number of hydrogen-bond donors (Lipinski definition) is 0. The Morgan fingerprint density at radius 3 is 2.59 bits per heavy atom. The molecule has 1 rings (SSSR count). The molecule has 0 fully saturated rings. The van der Waals surface area contributed by atoms with Crippen molar-refractivity contribution in [2.24, 2.45) is 5.41 Å². The Hall–Kier alpha value is -1.56. The van der Waals surface area contributed by atoms with Crippen LogP contribution in [0.2, 0.25) is 0 Å². The second kappa shape index (κ2) is 5.67. The second-order valence-corrected chi connectivity index (χ2v) is 5.27. The van der Waals surface area contributed by atoms with Crippen molar-refractivity contribution in [3.05, 3.63) is 29.6 Å². The minimum Gasteiger partial charge on any atom is -0.491 e. The summed E-state index contributed by atoms with van der Waals surface area (Å²) in [7, 11) is 0. The molecule has 0 aliphatic rings. The van der Waals surface area contributed by atoms with Gasteiger partial charge in [0.1, 0.15) is 0 Å². The van der Waals surface area contributed by atoms with E-state index in [1.54, 1.807) is 6.07 Å². The van der Waals surface area contributed by atoms with Crippen molar-refractivity contribution in [1.82, 2.24) is 0 Å². The molecule has 3 heteroatoms. The molecule has 0 saturated carbocycles. The number of ether oxygens (including phenoxy) is 1. The van der Waals surface area contributed by atoms with Gasteiger partial charge in [-0.05, 0) is 36.5 Å². The van der Waals surface area contributed by atoms with Crippen LogP contribution in [0, 0.1) is 22.6 Å². The molecule has 0 heterocycles. The van der Waals surface area contributed by atoms with Gasteiger partial charge in [-0.1, -0.05) is 20.8 Å². The van der Waals surface area contributed by atoms with Gasteiger partial charge in [0.2, 0.25) is 0 Å². The predicted molar refractivity (Wildman–Crippen MR) is 65.3 cm³/mol. The van der Waals surface area contributed by atoms with Crippen molar-refractivity contribution in [1.29, 1.82) is 5.26 Å². The Bertz CT molecular complexity index is 415. The molecule has 0 spiro atoms. The fourth-order valence-corrected chi connectivity index (χ4v) is 1.47. The van der Waals surface area contributed by atoms with Crippen molar-refractivity contribution < 1.29 is 9.13 Å². The minimum absolute atomic E-state index is 0.220. The van der Waals surface area contributed by atoms with Gasteiger partial charge in [0.15, 0.2) is 11.6 Å². The van der Waals surface area contributed by atoms with E-state index < -0.39 is 5.82 Å².